The van der Waals surface area contributed by atoms with Gasteiger partial charge in [0, 0.05) is 0 Å². The molecule has 0 rings (SSSR count). The molecule has 1 amide bonds. The number of carbonyl (C=O) groups excluding carboxylic acids is 1. The molecule has 0 heterocycles. The van der Waals surface area contributed by atoms with Crippen molar-refractivity contribution in [1.82, 2.24) is 5.32 Å². The second-order valence-electron chi connectivity index (χ2n) is 3.40. The summed E-state index contributed by atoms with van der Waals surface area (Å²) in [6, 6.07) is 0. The van der Waals surface area contributed by atoms with E-state index in [0.717, 1.165) is 0 Å². The van der Waals surface area contributed by atoms with Crippen molar-refractivity contribution in [3.05, 3.63) is 0 Å². The Morgan fingerprint density at radius 2 is 2.08 bits per heavy atom. The third-order valence-electron chi connectivity index (χ3n) is 0.915. The highest BCUT2D eigenvalue weighted by atomic mass is 35.5. The van der Waals surface area contributed by atoms with Gasteiger partial charge in [0.05, 0.1) is 0 Å². The summed E-state index contributed by atoms with van der Waals surface area (Å²) in [5.41, 5.74) is -1.21. The number of rotatable bonds is 1. The van der Waals surface area contributed by atoms with Gasteiger partial charge in [-0.05, 0) is 27.7 Å². The minimum Gasteiger partial charge on any atom is -0.444 e. The lowest BCUT2D eigenvalue weighted by Crippen LogP contribution is -2.35. The maximum Gasteiger partial charge on any atom is 0.409 e. The van der Waals surface area contributed by atoms with Gasteiger partial charge in [0.1, 0.15) is 5.60 Å². The predicted molar refractivity (Wildman–Crippen MR) is 52.5 cm³/mol. The van der Waals surface area contributed by atoms with E-state index in [0.29, 0.717) is 0 Å². The molecule has 1 N–H and O–H groups in total. The second-order valence-corrected chi connectivity index (χ2v) is 3.84. The summed E-state index contributed by atoms with van der Waals surface area (Å²) in [5.74, 6) is 5.15. The van der Waals surface area contributed by atoms with Crippen LogP contribution in [0.2, 0.25) is 0 Å². The first-order valence-corrected chi connectivity index (χ1v) is 4.34. The quantitative estimate of drug-likeness (QED) is 0.403. The van der Waals surface area contributed by atoms with Crippen LogP contribution >= 0.6 is 11.6 Å². The van der Waals surface area contributed by atoms with Crippen LogP contribution in [0, 0.1) is 11.8 Å². The van der Waals surface area contributed by atoms with Crippen LogP contribution in [-0.4, -0.2) is 17.2 Å². The Morgan fingerprint density at radius 3 is 2.46 bits per heavy atom. The monoisotopic (exact) mass is 203 g/mol. The van der Waals surface area contributed by atoms with Gasteiger partial charge in [-0.15, -0.1) is 5.92 Å². The Hall–Kier alpha value is -0.880. The molecule has 1 unspecified atom stereocenters. The van der Waals surface area contributed by atoms with Crippen molar-refractivity contribution in [3.8, 4) is 11.8 Å². The standard InChI is InChI=1S/C9H14ClNO2/c1-5-6-7(10)11-8(12)13-9(2,3)4/h7H,1-4H3,(H,11,12). The lowest BCUT2D eigenvalue weighted by Gasteiger charge is -2.19. The van der Waals surface area contributed by atoms with E-state index in [1.807, 2.05) is 0 Å². The SMILES string of the molecule is CC#CC(Cl)NC(=O)OC(C)(C)C. The van der Waals surface area contributed by atoms with Gasteiger partial charge in [-0.25, -0.2) is 4.79 Å². The molecule has 0 radical (unpaired) electrons. The Labute approximate surface area is 83.8 Å². The zero-order valence-electron chi connectivity index (χ0n) is 8.27. The van der Waals surface area contributed by atoms with Crippen LogP contribution in [0.15, 0.2) is 0 Å². The summed E-state index contributed by atoms with van der Waals surface area (Å²) < 4.78 is 4.95. The number of amides is 1. The van der Waals surface area contributed by atoms with Crippen LogP contribution in [0.3, 0.4) is 0 Å². The van der Waals surface area contributed by atoms with Crippen molar-refractivity contribution in [2.45, 2.75) is 38.8 Å². The van der Waals surface area contributed by atoms with Crippen molar-refractivity contribution in [2.75, 3.05) is 0 Å². The number of carbonyl (C=O) groups is 1. The minimum atomic E-state index is -0.695. The van der Waals surface area contributed by atoms with Gasteiger partial charge in [0.15, 0.2) is 5.50 Å². The van der Waals surface area contributed by atoms with E-state index < -0.39 is 17.2 Å². The van der Waals surface area contributed by atoms with Crippen molar-refractivity contribution in [3.63, 3.8) is 0 Å². The van der Waals surface area contributed by atoms with Gasteiger partial charge in [0.2, 0.25) is 0 Å². The lowest BCUT2D eigenvalue weighted by atomic mass is 10.2. The largest absolute Gasteiger partial charge is 0.444 e. The number of halogens is 1. The number of nitrogens with one attached hydrogen (secondary N) is 1. The van der Waals surface area contributed by atoms with Crippen molar-refractivity contribution in [2.24, 2.45) is 0 Å². The summed E-state index contributed by atoms with van der Waals surface area (Å²) in [4.78, 5) is 11.1. The van der Waals surface area contributed by atoms with Gasteiger partial charge in [-0.1, -0.05) is 17.5 Å². The Bertz CT molecular complexity index is 234. The summed E-state index contributed by atoms with van der Waals surface area (Å²) in [5, 5.41) is 2.37. The number of alkyl halides is 1. The van der Waals surface area contributed by atoms with Gasteiger partial charge < -0.3 is 4.74 Å². The summed E-state index contributed by atoms with van der Waals surface area (Å²) >= 11 is 5.62. The molecule has 0 saturated heterocycles. The van der Waals surface area contributed by atoms with Crippen molar-refractivity contribution < 1.29 is 9.53 Å². The van der Waals surface area contributed by atoms with E-state index in [9.17, 15) is 4.79 Å². The van der Waals surface area contributed by atoms with E-state index in [1.165, 1.54) is 0 Å². The second kappa shape index (κ2) is 4.98. The topological polar surface area (TPSA) is 38.3 Å². The molecule has 1 atom stereocenters. The van der Waals surface area contributed by atoms with Gasteiger partial charge >= 0.3 is 6.09 Å². The zero-order chi connectivity index (χ0) is 10.5. The zero-order valence-corrected chi connectivity index (χ0v) is 9.03. The van der Waals surface area contributed by atoms with Crippen molar-refractivity contribution in [1.29, 1.82) is 0 Å². The number of hydrogen-bond donors (Lipinski definition) is 1. The summed E-state index contributed by atoms with van der Waals surface area (Å²) in [6.07, 6.45) is -0.560. The van der Waals surface area contributed by atoms with E-state index in [1.54, 1.807) is 27.7 Å². The van der Waals surface area contributed by atoms with E-state index in [-0.39, 0.29) is 0 Å². The molecule has 0 saturated carbocycles. The fraction of sp³-hybridized carbons (Fsp3) is 0.667. The first kappa shape index (κ1) is 12.1. The van der Waals surface area contributed by atoms with E-state index >= 15 is 0 Å². The highest BCUT2D eigenvalue weighted by Crippen LogP contribution is 2.06. The molecule has 0 aliphatic carbocycles. The van der Waals surface area contributed by atoms with Crippen molar-refractivity contribution >= 4 is 17.7 Å². The van der Waals surface area contributed by atoms with Gasteiger partial charge in [-0.3, -0.25) is 5.32 Å². The molecule has 0 aromatic rings. The van der Waals surface area contributed by atoms with Crippen LogP contribution in [0.4, 0.5) is 4.79 Å². The summed E-state index contributed by atoms with van der Waals surface area (Å²) in [6.45, 7) is 6.98. The maximum absolute atomic E-state index is 11.1. The molecule has 0 spiro atoms. The smallest absolute Gasteiger partial charge is 0.409 e. The molecular formula is C9H14ClNO2. The Balaban J connectivity index is 3.93. The number of hydrogen-bond acceptors (Lipinski definition) is 2. The Kier molecular flexibility index (Phi) is 4.64. The molecule has 0 aromatic heterocycles. The normalized spacial score (nSPS) is 12.4. The third kappa shape index (κ3) is 7.48. The fourth-order valence-corrected chi connectivity index (χ4v) is 0.772. The van der Waals surface area contributed by atoms with Gasteiger partial charge in [0.25, 0.3) is 0 Å². The number of alkyl carbamates (subject to hydrolysis) is 1. The van der Waals surface area contributed by atoms with Gasteiger partial charge in [-0.2, -0.15) is 0 Å². The first-order chi connectivity index (χ1) is 5.85. The molecule has 0 aliphatic heterocycles. The molecule has 13 heavy (non-hydrogen) atoms. The Morgan fingerprint density at radius 1 is 1.54 bits per heavy atom. The molecule has 74 valence electrons. The fourth-order valence-electron chi connectivity index (χ4n) is 0.574. The lowest BCUT2D eigenvalue weighted by molar-refractivity contribution is 0.0529. The molecular weight excluding hydrogens is 190 g/mol. The highest BCUT2D eigenvalue weighted by molar-refractivity contribution is 6.23. The molecule has 4 heteroatoms. The third-order valence-corrected chi connectivity index (χ3v) is 1.13. The first-order valence-electron chi connectivity index (χ1n) is 3.91. The average Bonchev–Trinajstić information content (AvgIpc) is 1.81. The minimum absolute atomic E-state index is 0.514. The average molecular weight is 204 g/mol. The number of ether oxygens (including phenoxy) is 1. The molecule has 3 nitrogen and oxygen atoms in total. The maximum atomic E-state index is 11.1. The molecule has 0 bridgehead atoms. The van der Waals surface area contributed by atoms with Crippen LogP contribution in [0.1, 0.15) is 27.7 Å². The highest BCUT2D eigenvalue weighted by Gasteiger charge is 2.17. The predicted octanol–water partition coefficient (Wildman–Crippen LogP) is 2.10. The van der Waals surface area contributed by atoms with E-state index in [4.69, 9.17) is 16.3 Å². The van der Waals surface area contributed by atoms with Crippen LogP contribution in [-0.2, 0) is 4.74 Å². The summed E-state index contributed by atoms with van der Waals surface area (Å²) in [7, 11) is 0. The molecule has 0 aromatic carbocycles. The van der Waals surface area contributed by atoms with Crippen LogP contribution in [0.5, 0.6) is 0 Å². The molecule has 0 fully saturated rings. The van der Waals surface area contributed by atoms with Crippen LogP contribution in [0.25, 0.3) is 0 Å². The van der Waals surface area contributed by atoms with Crippen LogP contribution < -0.4 is 5.32 Å². The molecule has 0 aliphatic rings. The van der Waals surface area contributed by atoms with E-state index in [2.05, 4.69) is 17.2 Å².